The van der Waals surface area contributed by atoms with E-state index in [1.54, 1.807) is 36.4 Å². The molecular formula is C18H13N3O5S. The molecule has 4 N–H and O–H groups in total. The summed E-state index contributed by atoms with van der Waals surface area (Å²) in [5.41, 5.74) is 5.85. The molecule has 3 rings (SSSR count). The predicted octanol–water partition coefficient (Wildman–Crippen LogP) is 3.31. The largest absolute Gasteiger partial charge is 0.478 e. The van der Waals surface area contributed by atoms with Crippen molar-refractivity contribution in [3.63, 3.8) is 0 Å². The first-order valence-electron chi connectivity index (χ1n) is 7.58. The van der Waals surface area contributed by atoms with Gasteiger partial charge in [-0.15, -0.1) is 4.36 Å². The van der Waals surface area contributed by atoms with Crippen LogP contribution in [0.25, 0.3) is 10.8 Å². The highest BCUT2D eigenvalue weighted by molar-refractivity contribution is 7.61. The lowest BCUT2D eigenvalue weighted by molar-refractivity contribution is 0.0694. The van der Waals surface area contributed by atoms with Gasteiger partial charge in [0.05, 0.1) is 5.69 Å². The van der Waals surface area contributed by atoms with Crippen LogP contribution < -0.4 is 10.5 Å². The van der Waals surface area contributed by atoms with Gasteiger partial charge in [-0.1, -0.05) is 18.2 Å². The second-order valence-electron chi connectivity index (χ2n) is 5.53. The van der Waals surface area contributed by atoms with Crippen LogP contribution in [0.2, 0.25) is 0 Å². The van der Waals surface area contributed by atoms with Crippen molar-refractivity contribution in [2.45, 2.75) is 0 Å². The molecule has 0 radical (unpaired) electrons. The molecule has 27 heavy (non-hydrogen) atoms. The number of hydrogen-bond donors (Lipinski definition) is 3. The van der Waals surface area contributed by atoms with E-state index in [0.29, 0.717) is 11.3 Å². The minimum atomic E-state index is -2.69. The number of benzene rings is 3. The summed E-state index contributed by atoms with van der Waals surface area (Å²) in [7, 11) is -2.69. The fourth-order valence-corrected chi connectivity index (χ4v) is 2.78. The number of nitrogens with one attached hydrogen (secondary N) is 1. The van der Waals surface area contributed by atoms with Crippen molar-refractivity contribution in [1.82, 2.24) is 0 Å². The highest BCUT2D eigenvalue weighted by Gasteiger charge is 2.14. The molecule has 0 fully saturated rings. The number of nitrogens with zero attached hydrogens (tertiary/aromatic N) is 1. The Labute approximate surface area is 155 Å². The van der Waals surface area contributed by atoms with Gasteiger partial charge in [0.15, 0.2) is 0 Å². The van der Waals surface area contributed by atoms with Gasteiger partial charge < -0.3 is 15.6 Å². The average Bonchev–Trinajstić information content (AvgIpc) is 2.61. The van der Waals surface area contributed by atoms with E-state index in [-0.39, 0.29) is 22.8 Å². The summed E-state index contributed by atoms with van der Waals surface area (Å²) in [6.45, 7) is 0. The normalized spacial score (nSPS) is 10.4. The maximum atomic E-state index is 11.5. The number of carboxylic acids is 1. The van der Waals surface area contributed by atoms with Gasteiger partial charge in [0.1, 0.15) is 22.9 Å². The van der Waals surface area contributed by atoms with Crippen LogP contribution in [-0.4, -0.2) is 25.3 Å². The molecule has 0 aliphatic rings. The number of fused-ring (bicyclic) bond motifs is 1. The molecule has 0 unspecified atom stereocenters. The predicted molar refractivity (Wildman–Crippen MR) is 99.4 cm³/mol. The topological polar surface area (TPSA) is 143 Å². The fraction of sp³-hybridized carbons (Fsp3) is 0. The van der Waals surface area contributed by atoms with Crippen LogP contribution in [-0.2, 0) is 10.5 Å². The first-order valence-corrected chi connectivity index (χ1v) is 8.61. The van der Waals surface area contributed by atoms with Crippen molar-refractivity contribution in [3.8, 4) is 11.5 Å². The van der Waals surface area contributed by atoms with Gasteiger partial charge in [-0.2, -0.15) is 8.42 Å². The third-order valence-corrected chi connectivity index (χ3v) is 4.08. The number of rotatable bonds is 5. The van der Waals surface area contributed by atoms with Gasteiger partial charge in [-0.05, 0) is 47.2 Å². The second kappa shape index (κ2) is 7.26. The number of nitrogen functional groups attached to an aromatic ring is 1. The van der Waals surface area contributed by atoms with E-state index in [2.05, 4.69) is 4.36 Å². The lowest BCUT2D eigenvalue weighted by atomic mass is 10.1. The maximum absolute atomic E-state index is 11.5. The van der Waals surface area contributed by atoms with Crippen molar-refractivity contribution < 1.29 is 23.1 Å². The molecule has 3 aromatic rings. The molecule has 0 saturated carbocycles. The molecule has 0 aromatic heterocycles. The Morgan fingerprint density at radius 2 is 1.74 bits per heavy atom. The molecule has 9 heteroatoms. The summed E-state index contributed by atoms with van der Waals surface area (Å²) in [5.74, 6) is -0.853. The second-order valence-corrected chi connectivity index (χ2v) is 6.15. The number of hydrogen-bond acceptors (Lipinski definition) is 6. The van der Waals surface area contributed by atoms with Crippen molar-refractivity contribution in [1.29, 1.82) is 5.41 Å². The summed E-state index contributed by atoms with van der Waals surface area (Å²) in [5, 5.41) is 18.5. The van der Waals surface area contributed by atoms with Crippen LogP contribution >= 0.6 is 0 Å². The Morgan fingerprint density at radius 3 is 2.41 bits per heavy atom. The smallest absolute Gasteiger partial charge is 0.339 e. The Hall–Kier alpha value is -3.72. The summed E-state index contributed by atoms with van der Waals surface area (Å²) >= 11 is 0. The first kappa shape index (κ1) is 18.1. The molecule has 0 bridgehead atoms. The highest BCUT2D eigenvalue weighted by Crippen LogP contribution is 2.31. The van der Waals surface area contributed by atoms with Gasteiger partial charge in [0, 0.05) is 5.56 Å². The van der Waals surface area contributed by atoms with Gasteiger partial charge >= 0.3 is 16.5 Å². The minimum Gasteiger partial charge on any atom is -0.478 e. The Balaban J connectivity index is 1.99. The Kier molecular flexibility index (Phi) is 4.86. The average molecular weight is 383 g/mol. The van der Waals surface area contributed by atoms with Gasteiger partial charge in [-0.25, -0.2) is 4.79 Å². The molecule has 0 atom stereocenters. The van der Waals surface area contributed by atoms with E-state index in [9.17, 15) is 18.3 Å². The Morgan fingerprint density at radius 1 is 1.04 bits per heavy atom. The summed E-state index contributed by atoms with van der Waals surface area (Å²) in [6.07, 6.45) is 0. The zero-order chi connectivity index (χ0) is 19.6. The zero-order valence-corrected chi connectivity index (χ0v) is 14.5. The molecule has 0 aliphatic carbocycles. The fourth-order valence-electron chi connectivity index (χ4n) is 2.50. The van der Waals surface area contributed by atoms with Crippen molar-refractivity contribution in [2.75, 3.05) is 0 Å². The quantitative estimate of drug-likeness (QED) is 0.455. The molecular weight excluding hydrogens is 370 g/mol. The molecule has 0 saturated heterocycles. The van der Waals surface area contributed by atoms with E-state index >= 15 is 0 Å². The number of amidine groups is 1. The minimum absolute atomic E-state index is 0.0108. The third kappa shape index (κ3) is 4.10. The molecule has 0 aliphatic heterocycles. The van der Waals surface area contributed by atoms with Crippen LogP contribution in [0, 0.1) is 5.41 Å². The highest BCUT2D eigenvalue weighted by atomic mass is 32.2. The zero-order valence-electron chi connectivity index (χ0n) is 13.7. The number of nitrogens with two attached hydrogens (primary N) is 1. The lowest BCUT2D eigenvalue weighted by Crippen LogP contribution is -2.10. The number of ether oxygens (including phenoxy) is 1. The summed E-state index contributed by atoms with van der Waals surface area (Å²) in [4.78, 5) is 11.5. The number of carbonyl (C=O) groups is 1. The van der Waals surface area contributed by atoms with E-state index in [0.717, 1.165) is 16.8 Å². The van der Waals surface area contributed by atoms with Crippen LogP contribution in [0.5, 0.6) is 11.5 Å². The van der Waals surface area contributed by atoms with Crippen LogP contribution in [0.4, 0.5) is 5.69 Å². The summed E-state index contributed by atoms with van der Waals surface area (Å²) in [6, 6.07) is 14.2. The van der Waals surface area contributed by atoms with E-state index < -0.39 is 16.5 Å². The van der Waals surface area contributed by atoms with Crippen molar-refractivity contribution >= 4 is 38.8 Å². The van der Waals surface area contributed by atoms with Gasteiger partial charge in [0.25, 0.3) is 0 Å². The van der Waals surface area contributed by atoms with Crippen LogP contribution in [0.15, 0.2) is 59.0 Å². The molecule has 0 heterocycles. The standard InChI is InChI=1S/C18H13N3O5S/c19-17(20)12-2-1-11-8-14(5-3-10(11)7-12)26-16-6-4-13(21-27(24)25)9-15(16)18(22)23/h1-9H,(H3,19,20)(H,22,23). The number of aromatic carboxylic acids is 1. The van der Waals surface area contributed by atoms with Crippen molar-refractivity contribution in [2.24, 2.45) is 10.1 Å². The first-order chi connectivity index (χ1) is 12.8. The van der Waals surface area contributed by atoms with Crippen LogP contribution in [0.3, 0.4) is 0 Å². The molecule has 0 spiro atoms. The SMILES string of the molecule is N=C(N)c1ccc2cc(Oc3ccc(N=S(=O)=O)cc3C(=O)O)ccc2c1. The summed E-state index contributed by atoms with van der Waals surface area (Å²) < 4.78 is 30.3. The molecule has 136 valence electrons. The molecule has 0 amide bonds. The maximum Gasteiger partial charge on any atom is 0.339 e. The van der Waals surface area contributed by atoms with Crippen molar-refractivity contribution in [3.05, 3.63) is 65.7 Å². The van der Waals surface area contributed by atoms with E-state index in [4.69, 9.17) is 15.9 Å². The van der Waals surface area contributed by atoms with Gasteiger partial charge in [-0.3, -0.25) is 5.41 Å². The molecule has 3 aromatic carbocycles. The number of carboxylic acid groups (broad SMARTS) is 1. The lowest BCUT2D eigenvalue weighted by Gasteiger charge is -2.10. The molecule has 8 nitrogen and oxygen atoms in total. The van der Waals surface area contributed by atoms with Crippen LogP contribution in [0.1, 0.15) is 15.9 Å². The Bertz CT molecular complexity index is 1210. The third-order valence-electron chi connectivity index (χ3n) is 3.72. The monoisotopic (exact) mass is 383 g/mol. The van der Waals surface area contributed by atoms with E-state index in [1.165, 1.54) is 12.1 Å². The van der Waals surface area contributed by atoms with E-state index in [1.807, 2.05) is 0 Å². The van der Waals surface area contributed by atoms with Gasteiger partial charge in [0.2, 0.25) is 0 Å².